The maximum Gasteiger partial charge on any atom is 0.458 e. The van der Waals surface area contributed by atoms with E-state index in [9.17, 15) is 30.7 Å². The van der Waals surface area contributed by atoms with Gasteiger partial charge >= 0.3 is 12.1 Å². The fourth-order valence-corrected chi connectivity index (χ4v) is 3.22. The zero-order valence-corrected chi connectivity index (χ0v) is 14.8. The predicted molar refractivity (Wildman–Crippen MR) is 87.9 cm³/mol. The van der Waals surface area contributed by atoms with Crippen molar-refractivity contribution >= 4 is 22.5 Å². The lowest BCUT2D eigenvalue weighted by Gasteiger charge is -2.33. The minimum absolute atomic E-state index is 0.0364. The second-order valence-electron chi connectivity index (χ2n) is 6.74. The molecular weight excluding hydrogens is 409 g/mol. The first kappa shape index (κ1) is 19.6. The van der Waals surface area contributed by atoms with Gasteiger partial charge in [0.15, 0.2) is 17.5 Å². The van der Waals surface area contributed by atoms with E-state index in [1.54, 1.807) is 4.90 Å². The molecule has 6 nitrogen and oxygen atoms in total. The first-order chi connectivity index (χ1) is 13.5. The number of aromatic nitrogens is 4. The van der Waals surface area contributed by atoms with Gasteiger partial charge in [0.2, 0.25) is 5.65 Å². The maximum absolute atomic E-state index is 14.6. The summed E-state index contributed by atoms with van der Waals surface area (Å²) >= 11 is 0. The molecule has 0 atom stereocenters. The van der Waals surface area contributed by atoms with E-state index >= 15 is 0 Å². The van der Waals surface area contributed by atoms with Gasteiger partial charge < -0.3 is 9.80 Å². The van der Waals surface area contributed by atoms with E-state index in [1.165, 1.54) is 0 Å². The van der Waals surface area contributed by atoms with E-state index in [2.05, 4.69) is 15.2 Å². The van der Waals surface area contributed by atoms with Crippen molar-refractivity contribution < 1.29 is 30.7 Å². The Balaban J connectivity index is 1.98. The molecule has 0 amide bonds. The van der Waals surface area contributed by atoms with Gasteiger partial charge in [0.1, 0.15) is 11.8 Å². The molecule has 2 aromatic heterocycles. The molecule has 0 unspecified atom stereocenters. The number of nitrogens with zero attached hydrogens (tertiary/aromatic N) is 6. The highest BCUT2D eigenvalue weighted by atomic mass is 19.4. The van der Waals surface area contributed by atoms with Crippen molar-refractivity contribution in [3.8, 4) is 0 Å². The van der Waals surface area contributed by atoms with Crippen LogP contribution in [0.1, 0.15) is 5.56 Å². The average molecular weight is 422 g/mol. The van der Waals surface area contributed by atoms with Crippen molar-refractivity contribution in [3.05, 3.63) is 29.6 Å². The molecule has 1 aliphatic rings. The summed E-state index contributed by atoms with van der Waals surface area (Å²) in [5, 5.41) is 7.45. The first-order valence-electron chi connectivity index (χ1n) is 8.42. The minimum atomic E-state index is -6.10. The number of benzene rings is 1. The number of piperazine rings is 1. The highest BCUT2D eigenvalue weighted by molar-refractivity contribution is 5.84. The van der Waals surface area contributed by atoms with Crippen LogP contribution in [0.2, 0.25) is 0 Å². The summed E-state index contributed by atoms with van der Waals surface area (Å²) in [6.45, 7) is 2.25. The lowest BCUT2D eigenvalue weighted by molar-refractivity contribution is -0.290. The summed E-state index contributed by atoms with van der Waals surface area (Å²) in [6.07, 6.45) is -5.08. The van der Waals surface area contributed by atoms with Gasteiger partial charge in [-0.2, -0.15) is 22.0 Å². The quantitative estimate of drug-likeness (QED) is 0.595. The summed E-state index contributed by atoms with van der Waals surface area (Å²) in [5.74, 6) is -9.66. The molecule has 3 heterocycles. The molecule has 1 saturated heterocycles. The third-order valence-electron chi connectivity index (χ3n) is 4.88. The van der Waals surface area contributed by atoms with Gasteiger partial charge in [-0.25, -0.2) is 13.8 Å². The lowest BCUT2D eigenvalue weighted by atomic mass is 10.1. The number of likely N-dealkylation sites (N-methyl/N-ethyl adjacent to an activating group) is 1. The summed E-state index contributed by atoms with van der Waals surface area (Å²) in [6, 6.07) is 0.234. The zero-order chi connectivity index (χ0) is 21.1. The normalized spacial score (nSPS) is 16.9. The Labute approximate surface area is 158 Å². The highest BCUT2D eigenvalue weighted by Crippen LogP contribution is 2.46. The van der Waals surface area contributed by atoms with Crippen LogP contribution in [-0.2, 0) is 5.92 Å². The molecule has 0 spiro atoms. The second kappa shape index (κ2) is 6.40. The van der Waals surface area contributed by atoms with Gasteiger partial charge in [0.25, 0.3) is 0 Å². The van der Waals surface area contributed by atoms with Crippen molar-refractivity contribution in [3.63, 3.8) is 0 Å². The standard InChI is InChI=1S/C16H13F7N6/c1-27-2-4-28(5-3-27)13-14-26-24-7-29(14)9-6-8(15(19,20)16(21,22)23)10(17)11(18)12(9)25-13/h6-7H,2-5H2,1H3. The molecule has 0 bridgehead atoms. The average Bonchev–Trinajstić information content (AvgIpc) is 3.13. The number of fused-ring (bicyclic) bond motifs is 3. The largest absolute Gasteiger partial charge is 0.458 e. The first-order valence-corrected chi connectivity index (χ1v) is 8.42. The smallest absolute Gasteiger partial charge is 0.351 e. The Kier molecular flexibility index (Phi) is 4.33. The highest BCUT2D eigenvalue weighted by Gasteiger charge is 2.60. The maximum atomic E-state index is 14.6. The molecule has 4 rings (SSSR count). The molecule has 13 heteroatoms. The van der Waals surface area contributed by atoms with Crippen LogP contribution in [0.4, 0.5) is 36.6 Å². The van der Waals surface area contributed by atoms with E-state index in [0.717, 1.165) is 10.7 Å². The molecule has 0 radical (unpaired) electrons. The van der Waals surface area contributed by atoms with Crippen molar-refractivity contribution in [2.45, 2.75) is 12.1 Å². The number of hydrogen-bond donors (Lipinski definition) is 0. The zero-order valence-electron chi connectivity index (χ0n) is 14.8. The van der Waals surface area contributed by atoms with Crippen molar-refractivity contribution in [1.82, 2.24) is 24.5 Å². The number of halogens is 7. The fourth-order valence-electron chi connectivity index (χ4n) is 3.22. The lowest BCUT2D eigenvalue weighted by Crippen LogP contribution is -2.45. The number of rotatable bonds is 2. The Morgan fingerprint density at radius 3 is 2.24 bits per heavy atom. The van der Waals surface area contributed by atoms with E-state index in [4.69, 9.17) is 0 Å². The summed E-state index contributed by atoms with van der Waals surface area (Å²) in [4.78, 5) is 7.78. The topological polar surface area (TPSA) is 49.6 Å². The number of anilines is 1. The molecule has 3 aromatic rings. The Bertz CT molecular complexity index is 1080. The third-order valence-corrected chi connectivity index (χ3v) is 4.88. The monoisotopic (exact) mass is 422 g/mol. The molecular formula is C16H13F7N6. The van der Waals surface area contributed by atoms with Crippen LogP contribution in [0.25, 0.3) is 16.7 Å². The molecule has 1 aliphatic heterocycles. The number of hydrogen-bond acceptors (Lipinski definition) is 5. The molecule has 0 aliphatic carbocycles. The minimum Gasteiger partial charge on any atom is -0.351 e. The summed E-state index contributed by atoms with van der Waals surface area (Å²) < 4.78 is 95.6. The van der Waals surface area contributed by atoms with Gasteiger partial charge in [0.05, 0.1) is 11.1 Å². The molecule has 1 aromatic carbocycles. The van der Waals surface area contributed by atoms with Gasteiger partial charge in [0, 0.05) is 26.2 Å². The van der Waals surface area contributed by atoms with Gasteiger partial charge in [-0.3, -0.25) is 4.40 Å². The van der Waals surface area contributed by atoms with Crippen LogP contribution in [-0.4, -0.2) is 63.9 Å². The molecule has 0 N–H and O–H groups in total. The van der Waals surface area contributed by atoms with Crippen LogP contribution in [0.3, 0.4) is 0 Å². The number of alkyl halides is 5. The van der Waals surface area contributed by atoms with Gasteiger partial charge in [-0.1, -0.05) is 0 Å². The van der Waals surface area contributed by atoms with Crippen molar-refractivity contribution in [2.75, 3.05) is 38.1 Å². The molecule has 156 valence electrons. The fraction of sp³-hybridized carbons (Fsp3) is 0.438. The summed E-state index contributed by atoms with van der Waals surface area (Å²) in [7, 11) is 1.90. The Hall–Kier alpha value is -2.70. The Morgan fingerprint density at radius 2 is 1.62 bits per heavy atom. The van der Waals surface area contributed by atoms with Crippen LogP contribution in [0, 0.1) is 11.6 Å². The van der Waals surface area contributed by atoms with E-state index < -0.39 is 40.3 Å². The summed E-state index contributed by atoms with van der Waals surface area (Å²) in [5.41, 5.74) is -3.28. The van der Waals surface area contributed by atoms with Crippen LogP contribution in [0.5, 0.6) is 0 Å². The van der Waals surface area contributed by atoms with Crippen LogP contribution < -0.4 is 4.90 Å². The van der Waals surface area contributed by atoms with Gasteiger partial charge in [-0.05, 0) is 13.1 Å². The third kappa shape index (κ3) is 2.94. The molecule has 0 saturated carbocycles. The SMILES string of the molecule is CN1CCN(c2nc3c(F)c(F)c(C(F)(F)C(F)(F)F)cc3n3cnnc23)CC1. The van der Waals surface area contributed by atoms with E-state index in [1.807, 2.05) is 11.9 Å². The van der Waals surface area contributed by atoms with Crippen LogP contribution >= 0.6 is 0 Å². The van der Waals surface area contributed by atoms with Crippen molar-refractivity contribution in [2.24, 2.45) is 0 Å². The van der Waals surface area contributed by atoms with Gasteiger partial charge in [-0.15, -0.1) is 10.2 Å². The second-order valence-corrected chi connectivity index (χ2v) is 6.74. The van der Waals surface area contributed by atoms with E-state index in [-0.39, 0.29) is 17.5 Å². The van der Waals surface area contributed by atoms with E-state index in [0.29, 0.717) is 26.2 Å². The Morgan fingerprint density at radius 1 is 0.966 bits per heavy atom. The predicted octanol–water partition coefficient (Wildman–Crippen LogP) is 2.96. The molecule has 1 fully saturated rings. The molecule has 29 heavy (non-hydrogen) atoms. The van der Waals surface area contributed by atoms with Crippen LogP contribution in [0.15, 0.2) is 12.4 Å². The van der Waals surface area contributed by atoms with Crippen molar-refractivity contribution in [1.29, 1.82) is 0 Å².